The van der Waals surface area contributed by atoms with Crippen LogP contribution < -0.4 is 9.54 Å². The molecular formula is C22H31N3O4S2. The lowest BCUT2D eigenvalue weighted by Crippen LogP contribution is -2.39. The third-order valence-electron chi connectivity index (χ3n) is 5.36. The Balaban J connectivity index is 1.66. The molecule has 2 heterocycles. The number of likely N-dealkylation sites (tertiary alicyclic amines) is 1. The number of piperidine rings is 1. The van der Waals surface area contributed by atoms with Crippen LogP contribution in [0.2, 0.25) is 0 Å². The molecule has 0 spiro atoms. The normalized spacial score (nSPS) is 15.6. The quantitative estimate of drug-likeness (QED) is 0.532. The molecule has 170 valence electrons. The van der Waals surface area contributed by atoms with Crippen molar-refractivity contribution in [3.8, 4) is 5.75 Å². The monoisotopic (exact) mass is 465 g/mol. The van der Waals surface area contributed by atoms with Crippen LogP contribution in [-0.2, 0) is 20.9 Å². The van der Waals surface area contributed by atoms with Crippen molar-refractivity contribution in [2.24, 2.45) is 10.9 Å². The van der Waals surface area contributed by atoms with Crippen LogP contribution in [0.3, 0.4) is 0 Å². The maximum absolute atomic E-state index is 12.5. The van der Waals surface area contributed by atoms with Crippen molar-refractivity contribution in [1.82, 2.24) is 9.47 Å². The van der Waals surface area contributed by atoms with Crippen molar-refractivity contribution in [3.63, 3.8) is 0 Å². The fraction of sp³-hybridized carbons (Fsp3) is 0.591. The van der Waals surface area contributed by atoms with Gasteiger partial charge in [-0.15, -0.1) is 11.8 Å². The lowest BCUT2D eigenvalue weighted by Gasteiger charge is -2.30. The number of thioether (sulfide) groups is 1. The van der Waals surface area contributed by atoms with Crippen LogP contribution >= 0.6 is 23.1 Å². The lowest BCUT2D eigenvalue weighted by molar-refractivity contribution is -0.129. The molecule has 0 N–H and O–H groups in total. The second kappa shape index (κ2) is 11.7. The van der Waals surface area contributed by atoms with Gasteiger partial charge in [-0.3, -0.25) is 9.59 Å². The van der Waals surface area contributed by atoms with Crippen molar-refractivity contribution in [3.05, 3.63) is 23.0 Å². The van der Waals surface area contributed by atoms with Crippen molar-refractivity contribution in [1.29, 1.82) is 0 Å². The molecule has 31 heavy (non-hydrogen) atoms. The van der Waals surface area contributed by atoms with E-state index in [0.29, 0.717) is 36.2 Å². The van der Waals surface area contributed by atoms with Crippen molar-refractivity contribution < 1.29 is 19.1 Å². The number of amides is 2. The minimum atomic E-state index is -0.228. The minimum absolute atomic E-state index is 0.116. The molecular weight excluding hydrogens is 434 g/mol. The van der Waals surface area contributed by atoms with Crippen molar-refractivity contribution in [2.45, 2.75) is 33.2 Å². The summed E-state index contributed by atoms with van der Waals surface area (Å²) in [5, 5.41) is 0. The van der Waals surface area contributed by atoms with Gasteiger partial charge in [0.25, 0.3) is 5.91 Å². The van der Waals surface area contributed by atoms with E-state index in [1.807, 2.05) is 34.6 Å². The van der Waals surface area contributed by atoms with E-state index in [4.69, 9.17) is 9.47 Å². The highest BCUT2D eigenvalue weighted by Crippen LogP contribution is 2.23. The Morgan fingerprint density at radius 3 is 2.74 bits per heavy atom. The van der Waals surface area contributed by atoms with E-state index in [1.54, 1.807) is 7.11 Å². The maximum atomic E-state index is 12.5. The molecule has 2 aromatic rings. The molecule has 1 saturated heterocycles. The van der Waals surface area contributed by atoms with Gasteiger partial charge in [0.1, 0.15) is 5.75 Å². The van der Waals surface area contributed by atoms with E-state index >= 15 is 0 Å². The van der Waals surface area contributed by atoms with E-state index in [-0.39, 0.29) is 17.6 Å². The van der Waals surface area contributed by atoms with Crippen LogP contribution in [-0.4, -0.2) is 66.2 Å². The summed E-state index contributed by atoms with van der Waals surface area (Å²) in [5.41, 5.74) is 0.999. The summed E-state index contributed by atoms with van der Waals surface area (Å²) < 4.78 is 13.8. The zero-order chi connectivity index (χ0) is 22.2. The summed E-state index contributed by atoms with van der Waals surface area (Å²) in [7, 11) is 1.63. The second-order valence-corrected chi connectivity index (χ2v) is 9.62. The van der Waals surface area contributed by atoms with Crippen molar-refractivity contribution in [2.75, 3.05) is 44.9 Å². The predicted octanol–water partition coefficient (Wildman–Crippen LogP) is 3.17. The number of rotatable bonds is 9. The van der Waals surface area contributed by atoms with Gasteiger partial charge in [0.2, 0.25) is 5.91 Å². The number of thiazole rings is 1. The highest BCUT2D eigenvalue weighted by Gasteiger charge is 2.20. The summed E-state index contributed by atoms with van der Waals surface area (Å²) in [4.78, 5) is 31.8. The Labute approximate surface area is 191 Å². The largest absolute Gasteiger partial charge is 0.497 e. The summed E-state index contributed by atoms with van der Waals surface area (Å²) >= 11 is 2.80. The maximum Gasteiger partial charge on any atom is 0.258 e. The van der Waals surface area contributed by atoms with Crippen molar-refractivity contribution >= 4 is 45.1 Å². The molecule has 0 aliphatic carbocycles. The molecule has 9 heteroatoms. The van der Waals surface area contributed by atoms with E-state index in [2.05, 4.69) is 11.9 Å². The molecule has 0 atom stereocenters. The first kappa shape index (κ1) is 23.8. The number of methoxy groups -OCH3 is 1. The average Bonchev–Trinajstić information content (AvgIpc) is 3.10. The van der Waals surface area contributed by atoms with Crippen LogP contribution in [0.1, 0.15) is 26.7 Å². The predicted molar refractivity (Wildman–Crippen MR) is 126 cm³/mol. The van der Waals surface area contributed by atoms with Gasteiger partial charge in [0.05, 0.1) is 35.4 Å². The number of aromatic nitrogens is 1. The Kier molecular flexibility index (Phi) is 8.98. The molecule has 0 radical (unpaired) electrons. The molecule has 0 saturated carbocycles. The fourth-order valence-electron chi connectivity index (χ4n) is 3.50. The minimum Gasteiger partial charge on any atom is -0.497 e. The van der Waals surface area contributed by atoms with Gasteiger partial charge < -0.3 is 18.9 Å². The van der Waals surface area contributed by atoms with Gasteiger partial charge in [-0.05, 0) is 43.9 Å². The van der Waals surface area contributed by atoms with Gasteiger partial charge in [0, 0.05) is 26.2 Å². The summed E-state index contributed by atoms with van der Waals surface area (Å²) in [6.45, 7) is 7.63. The van der Waals surface area contributed by atoms with Gasteiger partial charge in [0.15, 0.2) is 4.80 Å². The van der Waals surface area contributed by atoms with E-state index < -0.39 is 0 Å². The van der Waals surface area contributed by atoms with Crippen LogP contribution in [0.5, 0.6) is 5.75 Å². The SMILES string of the molecule is CCOCCn1c(=NC(=O)CSCC(=O)N2CCC(C)CC2)sc2cc(OC)ccc21. The highest BCUT2D eigenvalue weighted by molar-refractivity contribution is 8.00. The summed E-state index contributed by atoms with van der Waals surface area (Å²) in [6.07, 6.45) is 2.12. The molecule has 0 bridgehead atoms. The Morgan fingerprint density at radius 2 is 2.03 bits per heavy atom. The number of carbonyl (C=O) groups is 2. The number of benzene rings is 1. The van der Waals surface area contributed by atoms with Crippen LogP contribution in [0.25, 0.3) is 10.2 Å². The summed E-state index contributed by atoms with van der Waals surface area (Å²) in [5.74, 6) is 1.86. The number of hydrogen-bond acceptors (Lipinski definition) is 6. The average molecular weight is 466 g/mol. The van der Waals surface area contributed by atoms with Crippen LogP contribution in [0.15, 0.2) is 23.2 Å². The standard InChI is InChI=1S/C22H31N3O4S2/c1-4-29-12-11-25-18-6-5-17(28-3)13-19(18)31-22(25)23-20(26)14-30-15-21(27)24-9-7-16(2)8-10-24/h5-6,13,16H,4,7-12,14-15H2,1-3H3. The van der Waals surface area contributed by atoms with E-state index in [9.17, 15) is 9.59 Å². The molecule has 1 aliphatic heterocycles. The van der Waals surface area contributed by atoms with E-state index in [0.717, 1.165) is 41.9 Å². The number of fused-ring (bicyclic) bond motifs is 1. The number of carbonyl (C=O) groups excluding carboxylic acids is 2. The smallest absolute Gasteiger partial charge is 0.258 e. The van der Waals surface area contributed by atoms with E-state index in [1.165, 1.54) is 23.1 Å². The summed E-state index contributed by atoms with van der Waals surface area (Å²) in [6, 6.07) is 5.83. The van der Waals surface area contributed by atoms with Gasteiger partial charge >= 0.3 is 0 Å². The molecule has 0 unspecified atom stereocenters. The molecule has 1 aromatic carbocycles. The first-order valence-electron chi connectivity index (χ1n) is 10.7. The second-order valence-electron chi connectivity index (χ2n) is 7.63. The molecule has 1 fully saturated rings. The highest BCUT2D eigenvalue weighted by atomic mass is 32.2. The van der Waals surface area contributed by atoms with Crippen LogP contribution in [0.4, 0.5) is 0 Å². The Hall–Kier alpha value is -1.84. The number of ether oxygens (including phenoxy) is 2. The molecule has 7 nitrogen and oxygen atoms in total. The Morgan fingerprint density at radius 1 is 1.26 bits per heavy atom. The Bertz CT molecular complexity index is 961. The molecule has 1 aromatic heterocycles. The topological polar surface area (TPSA) is 73.1 Å². The zero-order valence-corrected chi connectivity index (χ0v) is 20.1. The number of hydrogen-bond donors (Lipinski definition) is 0. The third-order valence-corrected chi connectivity index (χ3v) is 7.30. The number of nitrogens with zero attached hydrogens (tertiary/aromatic N) is 3. The molecule has 3 rings (SSSR count). The lowest BCUT2D eigenvalue weighted by atomic mass is 9.99. The zero-order valence-electron chi connectivity index (χ0n) is 18.5. The molecule has 1 aliphatic rings. The molecule has 2 amide bonds. The van der Waals surface area contributed by atoms with Crippen LogP contribution in [0, 0.1) is 5.92 Å². The first-order valence-corrected chi connectivity index (χ1v) is 12.7. The van der Waals surface area contributed by atoms with Gasteiger partial charge in [-0.2, -0.15) is 4.99 Å². The van der Waals surface area contributed by atoms with Gasteiger partial charge in [-0.25, -0.2) is 0 Å². The first-order chi connectivity index (χ1) is 15.0. The van der Waals surface area contributed by atoms with Gasteiger partial charge in [-0.1, -0.05) is 18.3 Å². The fourth-order valence-corrected chi connectivity index (χ4v) is 5.30. The third kappa shape index (κ3) is 6.57.